The Labute approximate surface area is 92.1 Å². The number of hydrogen-bond acceptors (Lipinski definition) is 1. The van der Waals surface area contributed by atoms with Crippen LogP contribution in [0.4, 0.5) is 0 Å². The zero-order chi connectivity index (χ0) is 9.97. The zero-order valence-corrected chi connectivity index (χ0v) is 8.83. The van der Waals surface area contributed by atoms with E-state index in [2.05, 4.69) is 4.98 Å². The molecule has 2 rings (SSSR count). The first-order valence-corrected chi connectivity index (χ1v) is 5.04. The molecule has 1 aromatic heterocycles. The number of halogens is 2. The Bertz CT molecular complexity index is 420. The molecule has 0 spiro atoms. The molecule has 0 aliphatic carbocycles. The van der Waals surface area contributed by atoms with Crippen molar-refractivity contribution in [1.29, 1.82) is 0 Å². The van der Waals surface area contributed by atoms with E-state index in [1.165, 1.54) is 0 Å². The Morgan fingerprint density at radius 2 is 1.93 bits per heavy atom. The molecule has 1 heterocycles. The van der Waals surface area contributed by atoms with Crippen molar-refractivity contribution in [2.75, 3.05) is 0 Å². The van der Waals surface area contributed by atoms with E-state index < -0.39 is 0 Å². The molecular weight excluding hydrogens is 219 g/mol. The fraction of sp³-hybridized carbons (Fsp3) is 0.100. The smallest absolute Gasteiger partial charge is 0.0981 e. The van der Waals surface area contributed by atoms with E-state index in [0.29, 0.717) is 6.00 Å². The summed E-state index contributed by atoms with van der Waals surface area (Å²) in [6.45, 7) is 0. The lowest BCUT2D eigenvalue weighted by Crippen LogP contribution is -1.84. The van der Waals surface area contributed by atoms with Crippen molar-refractivity contribution in [3.8, 4) is 11.3 Å². The summed E-state index contributed by atoms with van der Waals surface area (Å²) in [7, 11) is 0. The van der Waals surface area contributed by atoms with Crippen molar-refractivity contribution in [1.82, 2.24) is 9.55 Å². The van der Waals surface area contributed by atoms with Gasteiger partial charge in [-0.15, -0.1) is 11.6 Å². The van der Waals surface area contributed by atoms with Crippen molar-refractivity contribution in [2.45, 2.75) is 6.00 Å². The van der Waals surface area contributed by atoms with Gasteiger partial charge in [-0.1, -0.05) is 23.7 Å². The third kappa shape index (κ3) is 1.91. The normalized spacial score (nSPS) is 10.4. The number of hydrogen-bond donors (Lipinski definition) is 0. The number of imidazole rings is 1. The number of alkyl halides is 1. The topological polar surface area (TPSA) is 17.8 Å². The predicted octanol–water partition coefficient (Wildman–Crippen LogP) is 3.40. The molecule has 2 nitrogen and oxygen atoms in total. The Kier molecular flexibility index (Phi) is 2.75. The first-order chi connectivity index (χ1) is 6.79. The number of rotatable bonds is 2. The molecule has 1 aromatic carbocycles. The molecule has 0 radical (unpaired) electrons. The highest BCUT2D eigenvalue weighted by Gasteiger charge is 2.00. The van der Waals surface area contributed by atoms with Crippen LogP contribution in [-0.2, 0) is 6.00 Å². The van der Waals surface area contributed by atoms with Gasteiger partial charge in [0.2, 0.25) is 0 Å². The third-order valence-electron chi connectivity index (χ3n) is 1.91. The van der Waals surface area contributed by atoms with Gasteiger partial charge < -0.3 is 4.57 Å². The van der Waals surface area contributed by atoms with E-state index in [-0.39, 0.29) is 0 Å². The molecule has 72 valence electrons. The van der Waals surface area contributed by atoms with Gasteiger partial charge in [0, 0.05) is 16.8 Å². The summed E-state index contributed by atoms with van der Waals surface area (Å²) in [4.78, 5) is 4.22. The van der Waals surface area contributed by atoms with E-state index in [9.17, 15) is 0 Å². The van der Waals surface area contributed by atoms with Gasteiger partial charge in [0.1, 0.15) is 0 Å². The van der Waals surface area contributed by atoms with Crippen LogP contribution in [0.5, 0.6) is 0 Å². The number of nitrogens with zero attached hydrogens (tertiary/aromatic N) is 2. The summed E-state index contributed by atoms with van der Waals surface area (Å²) in [6, 6.07) is 7.97. The molecule has 0 aliphatic rings. The highest BCUT2D eigenvalue weighted by Crippen LogP contribution is 2.19. The minimum Gasteiger partial charge on any atom is -0.323 e. The predicted molar refractivity (Wildman–Crippen MR) is 58.5 cm³/mol. The van der Waals surface area contributed by atoms with Gasteiger partial charge in [0.25, 0.3) is 0 Å². The average molecular weight is 227 g/mol. The van der Waals surface area contributed by atoms with Crippen LogP contribution in [-0.4, -0.2) is 9.55 Å². The molecule has 0 amide bonds. The monoisotopic (exact) mass is 226 g/mol. The Morgan fingerprint density at radius 1 is 1.21 bits per heavy atom. The molecule has 14 heavy (non-hydrogen) atoms. The quantitative estimate of drug-likeness (QED) is 0.719. The highest BCUT2D eigenvalue weighted by molar-refractivity contribution is 6.30. The van der Waals surface area contributed by atoms with Gasteiger partial charge >= 0.3 is 0 Å². The van der Waals surface area contributed by atoms with Crippen LogP contribution in [0.15, 0.2) is 36.8 Å². The minimum atomic E-state index is 0.417. The maximum absolute atomic E-state index is 5.78. The molecule has 0 fully saturated rings. The van der Waals surface area contributed by atoms with Gasteiger partial charge in [-0.05, 0) is 12.1 Å². The van der Waals surface area contributed by atoms with Crippen LogP contribution in [0.3, 0.4) is 0 Å². The van der Waals surface area contributed by atoms with E-state index in [1.54, 1.807) is 6.33 Å². The van der Waals surface area contributed by atoms with Crippen molar-refractivity contribution in [2.24, 2.45) is 0 Å². The Hall–Kier alpha value is -0.990. The standard InChI is InChI=1S/C10H8Cl2N2/c11-6-14-5-10(13-7-14)8-1-3-9(12)4-2-8/h1-5,7H,6H2. The lowest BCUT2D eigenvalue weighted by Gasteiger charge is -1.95. The first-order valence-electron chi connectivity index (χ1n) is 4.13. The Balaban J connectivity index is 2.34. The van der Waals surface area contributed by atoms with Crippen LogP contribution in [0.25, 0.3) is 11.3 Å². The largest absolute Gasteiger partial charge is 0.323 e. The van der Waals surface area contributed by atoms with Gasteiger partial charge in [-0.3, -0.25) is 0 Å². The molecule has 0 saturated heterocycles. The zero-order valence-electron chi connectivity index (χ0n) is 7.32. The molecule has 0 aliphatic heterocycles. The van der Waals surface area contributed by atoms with Crippen molar-refractivity contribution >= 4 is 23.2 Å². The van der Waals surface area contributed by atoms with Gasteiger partial charge in [0.15, 0.2) is 0 Å². The molecule has 0 saturated carbocycles. The van der Waals surface area contributed by atoms with Crippen molar-refractivity contribution < 1.29 is 0 Å². The number of aromatic nitrogens is 2. The second-order valence-corrected chi connectivity index (χ2v) is 3.58. The van der Waals surface area contributed by atoms with Gasteiger partial charge in [-0.25, -0.2) is 4.98 Å². The summed E-state index contributed by atoms with van der Waals surface area (Å²) >= 11 is 11.4. The van der Waals surface area contributed by atoms with E-state index in [0.717, 1.165) is 16.3 Å². The Morgan fingerprint density at radius 3 is 2.50 bits per heavy atom. The van der Waals surface area contributed by atoms with Crippen LogP contribution < -0.4 is 0 Å². The van der Waals surface area contributed by atoms with Crippen LogP contribution in [0, 0.1) is 0 Å². The molecule has 2 aromatic rings. The molecular formula is C10H8Cl2N2. The van der Waals surface area contributed by atoms with Crippen LogP contribution in [0.2, 0.25) is 5.02 Å². The van der Waals surface area contributed by atoms with Crippen LogP contribution in [0.1, 0.15) is 0 Å². The third-order valence-corrected chi connectivity index (χ3v) is 2.44. The SMILES string of the molecule is ClCn1cnc(-c2ccc(Cl)cc2)c1. The minimum absolute atomic E-state index is 0.417. The summed E-state index contributed by atoms with van der Waals surface area (Å²) in [5.74, 6) is 0. The van der Waals surface area contributed by atoms with E-state index in [1.807, 2.05) is 35.0 Å². The lowest BCUT2D eigenvalue weighted by atomic mass is 10.2. The second-order valence-electron chi connectivity index (χ2n) is 2.90. The second kappa shape index (κ2) is 4.03. The maximum atomic E-state index is 5.78. The molecule has 0 unspecified atom stereocenters. The fourth-order valence-corrected chi connectivity index (χ4v) is 1.45. The molecule has 4 heteroatoms. The summed E-state index contributed by atoms with van der Waals surface area (Å²) in [5, 5.41) is 0.727. The van der Waals surface area contributed by atoms with Gasteiger partial charge in [-0.2, -0.15) is 0 Å². The van der Waals surface area contributed by atoms with Crippen LogP contribution >= 0.6 is 23.2 Å². The van der Waals surface area contributed by atoms with Crippen molar-refractivity contribution in [3.05, 3.63) is 41.8 Å². The molecule has 0 bridgehead atoms. The molecule has 0 atom stereocenters. The fourth-order valence-electron chi connectivity index (χ4n) is 1.20. The van der Waals surface area contributed by atoms with Crippen molar-refractivity contribution in [3.63, 3.8) is 0 Å². The first kappa shape index (κ1) is 9.56. The van der Waals surface area contributed by atoms with E-state index in [4.69, 9.17) is 23.2 Å². The lowest BCUT2D eigenvalue weighted by molar-refractivity contribution is 0.881. The average Bonchev–Trinajstić information content (AvgIpc) is 2.67. The maximum Gasteiger partial charge on any atom is 0.0981 e. The van der Waals surface area contributed by atoms with Gasteiger partial charge in [0.05, 0.1) is 18.0 Å². The summed E-state index contributed by atoms with van der Waals surface area (Å²) in [5.41, 5.74) is 1.94. The highest BCUT2D eigenvalue weighted by atomic mass is 35.5. The summed E-state index contributed by atoms with van der Waals surface area (Å²) in [6.07, 6.45) is 3.60. The number of benzene rings is 1. The molecule has 0 N–H and O–H groups in total. The summed E-state index contributed by atoms with van der Waals surface area (Å²) < 4.78 is 1.81. The van der Waals surface area contributed by atoms with E-state index >= 15 is 0 Å².